The Hall–Kier alpha value is -3.86. The second-order valence-electron chi connectivity index (χ2n) is 13.7. The summed E-state index contributed by atoms with van der Waals surface area (Å²) in [5, 5.41) is 59.3. The third kappa shape index (κ3) is 9.19. The summed E-state index contributed by atoms with van der Waals surface area (Å²) in [4.78, 5) is 29.0. The van der Waals surface area contributed by atoms with Gasteiger partial charge in [-0.15, -0.1) is 0 Å². The highest BCUT2D eigenvalue weighted by Crippen LogP contribution is 2.46. The second-order valence-corrected chi connectivity index (χ2v) is 13.7. The number of likely N-dealkylation sites (N-methyl/N-ethyl adjacent to an activating group) is 1. The molecule has 5 rings (SSSR count). The summed E-state index contributed by atoms with van der Waals surface area (Å²) in [7, 11) is 1.40. The van der Waals surface area contributed by atoms with Gasteiger partial charge in [-0.3, -0.25) is 9.59 Å². The molecule has 0 aromatic heterocycles. The van der Waals surface area contributed by atoms with Gasteiger partial charge in [-0.05, 0) is 78.8 Å². The van der Waals surface area contributed by atoms with Gasteiger partial charge in [0.25, 0.3) is 0 Å². The molecule has 2 amide bonds. The Labute approximate surface area is 300 Å². The summed E-state index contributed by atoms with van der Waals surface area (Å²) in [6.45, 7) is -0.939. The zero-order valence-electron chi connectivity index (χ0n) is 28.8. The van der Waals surface area contributed by atoms with Crippen LogP contribution in [0.15, 0.2) is 72.8 Å². The largest absolute Gasteiger partial charge is 0.394 e. The first-order chi connectivity index (χ1) is 24.8. The number of halogens is 2. The fourth-order valence-electron chi connectivity index (χ4n) is 6.55. The Morgan fingerprint density at radius 1 is 0.923 bits per heavy atom. The van der Waals surface area contributed by atoms with Crippen molar-refractivity contribution in [1.29, 1.82) is 0 Å². The van der Waals surface area contributed by atoms with Gasteiger partial charge in [-0.2, -0.15) is 0 Å². The van der Waals surface area contributed by atoms with E-state index in [-0.39, 0.29) is 44.7 Å². The average molecular weight is 729 g/mol. The molecule has 52 heavy (non-hydrogen) atoms. The van der Waals surface area contributed by atoms with Crippen molar-refractivity contribution < 1.29 is 58.5 Å². The van der Waals surface area contributed by atoms with Crippen molar-refractivity contribution in [2.24, 2.45) is 5.92 Å². The molecule has 0 aliphatic carbocycles. The Kier molecular flexibility index (Phi) is 13.1. The number of β-lactam (4-membered cyclic amide) rings is 1. The maximum Gasteiger partial charge on any atom is 0.248 e. The molecule has 3 aromatic rings. The topological polar surface area (TPSA) is 180 Å². The summed E-state index contributed by atoms with van der Waals surface area (Å²) in [5.41, 5.74) is 2.25. The van der Waals surface area contributed by atoms with Crippen molar-refractivity contribution in [3.05, 3.63) is 101 Å². The number of benzene rings is 3. The van der Waals surface area contributed by atoms with Crippen molar-refractivity contribution in [2.75, 3.05) is 44.9 Å². The van der Waals surface area contributed by atoms with E-state index in [0.29, 0.717) is 30.5 Å². The van der Waals surface area contributed by atoms with Crippen LogP contribution in [-0.2, 0) is 25.5 Å². The van der Waals surface area contributed by atoms with Gasteiger partial charge in [0.05, 0.1) is 37.9 Å². The first kappa shape index (κ1) is 39.3. The standard InChI is InChI=1S/C38H46F2N2O10/c1-41(18-31(45)35(48)36(49)32(46)19-43)33(47)20-52-38(21-51-22-38)17-16-23-2-4-25(5-3-23)34-29(14-15-30(44)24-6-8-26(39)9-7-24)37(50)42(34)28-12-10-27(40)11-13-28/h2-13,29-32,34-36,43-46,48-49H,14-22H2,1H3/t29-,30+,31?,32?,34-,35?,36?/m1/s1. The normalized spacial score (nSPS) is 21.0. The molecule has 14 heteroatoms. The van der Waals surface area contributed by atoms with Gasteiger partial charge in [0, 0.05) is 19.3 Å². The third-order valence-corrected chi connectivity index (χ3v) is 9.96. The lowest BCUT2D eigenvalue weighted by Gasteiger charge is -2.48. The van der Waals surface area contributed by atoms with Crippen LogP contribution in [0.4, 0.5) is 14.5 Å². The maximum atomic E-state index is 13.7. The van der Waals surface area contributed by atoms with E-state index in [1.54, 1.807) is 17.0 Å². The van der Waals surface area contributed by atoms with Gasteiger partial charge in [-0.1, -0.05) is 36.4 Å². The average Bonchev–Trinajstić information content (AvgIpc) is 3.13. The number of carbonyl (C=O) groups excluding carboxylic acids is 2. The third-order valence-electron chi connectivity index (χ3n) is 9.96. The number of anilines is 1. The molecule has 282 valence electrons. The number of aliphatic hydroxyl groups is 6. The Balaban J connectivity index is 1.18. The zero-order chi connectivity index (χ0) is 37.6. The minimum atomic E-state index is -1.80. The number of ether oxygens (including phenoxy) is 2. The molecule has 7 atom stereocenters. The highest BCUT2D eigenvalue weighted by molar-refractivity contribution is 6.03. The molecule has 0 saturated carbocycles. The molecule has 2 aliphatic heterocycles. The summed E-state index contributed by atoms with van der Waals surface area (Å²) in [6, 6.07) is 18.7. The van der Waals surface area contributed by atoms with Crippen LogP contribution in [-0.4, -0.2) is 117 Å². The fourth-order valence-corrected chi connectivity index (χ4v) is 6.55. The zero-order valence-corrected chi connectivity index (χ0v) is 28.8. The van der Waals surface area contributed by atoms with Crippen LogP contribution in [0.25, 0.3) is 0 Å². The van der Waals surface area contributed by atoms with Crippen LogP contribution in [0.1, 0.15) is 48.1 Å². The summed E-state index contributed by atoms with van der Waals surface area (Å²) < 4.78 is 38.5. The lowest BCUT2D eigenvalue weighted by atomic mass is 9.78. The number of carbonyl (C=O) groups is 2. The van der Waals surface area contributed by atoms with Crippen LogP contribution in [0, 0.1) is 17.6 Å². The molecule has 2 fully saturated rings. The second kappa shape index (κ2) is 17.3. The van der Waals surface area contributed by atoms with Crippen molar-refractivity contribution in [3.63, 3.8) is 0 Å². The number of nitrogens with zero attached hydrogens (tertiary/aromatic N) is 2. The summed E-state index contributed by atoms with van der Waals surface area (Å²) >= 11 is 0. The summed E-state index contributed by atoms with van der Waals surface area (Å²) in [6.07, 6.45) is -5.92. The van der Waals surface area contributed by atoms with Crippen molar-refractivity contribution in [1.82, 2.24) is 4.90 Å². The van der Waals surface area contributed by atoms with Crippen molar-refractivity contribution in [3.8, 4) is 0 Å². The Bertz CT molecular complexity index is 1620. The van der Waals surface area contributed by atoms with Crippen LogP contribution in [0.5, 0.6) is 0 Å². The van der Waals surface area contributed by atoms with Gasteiger partial charge < -0.3 is 49.9 Å². The minimum absolute atomic E-state index is 0.139. The summed E-state index contributed by atoms with van der Waals surface area (Å²) in [5.74, 6) is -1.89. The molecule has 6 N–H and O–H groups in total. The highest BCUT2D eigenvalue weighted by atomic mass is 19.1. The van der Waals surface area contributed by atoms with E-state index in [1.165, 1.54) is 43.4 Å². The number of amides is 2. The molecule has 0 bridgehead atoms. The predicted molar refractivity (Wildman–Crippen MR) is 184 cm³/mol. The van der Waals surface area contributed by atoms with Crippen LogP contribution >= 0.6 is 0 Å². The number of hydrogen-bond donors (Lipinski definition) is 6. The molecule has 2 saturated heterocycles. The quantitative estimate of drug-likeness (QED) is 0.106. The lowest BCUT2D eigenvalue weighted by molar-refractivity contribution is -0.214. The molecule has 12 nitrogen and oxygen atoms in total. The Morgan fingerprint density at radius 2 is 1.52 bits per heavy atom. The van der Waals surface area contributed by atoms with Crippen LogP contribution in [0.3, 0.4) is 0 Å². The van der Waals surface area contributed by atoms with Gasteiger partial charge in [-0.25, -0.2) is 8.78 Å². The van der Waals surface area contributed by atoms with Crippen molar-refractivity contribution in [2.45, 2.75) is 67.8 Å². The van der Waals surface area contributed by atoms with E-state index < -0.39 is 66.2 Å². The van der Waals surface area contributed by atoms with E-state index in [0.717, 1.165) is 16.0 Å². The molecule has 4 unspecified atom stereocenters. The van der Waals surface area contributed by atoms with E-state index >= 15 is 0 Å². The molecule has 0 spiro atoms. The van der Waals surface area contributed by atoms with E-state index in [1.807, 2.05) is 24.3 Å². The molecule has 3 aromatic carbocycles. The van der Waals surface area contributed by atoms with Crippen LogP contribution < -0.4 is 4.90 Å². The monoisotopic (exact) mass is 728 g/mol. The minimum Gasteiger partial charge on any atom is -0.394 e. The van der Waals surface area contributed by atoms with E-state index in [2.05, 4.69) is 0 Å². The molecular weight excluding hydrogens is 682 g/mol. The van der Waals surface area contributed by atoms with Crippen molar-refractivity contribution >= 4 is 17.5 Å². The van der Waals surface area contributed by atoms with Gasteiger partial charge >= 0.3 is 0 Å². The SMILES string of the molecule is CN(CC(O)C(O)C(O)C(O)CO)C(=O)COC1(CCc2ccc([C@@H]3[C@@H](CC[C@H](O)c4ccc(F)cc4)C(=O)N3c3ccc(F)cc3)cc2)COC1. The first-order valence-electron chi connectivity index (χ1n) is 17.2. The van der Waals surface area contributed by atoms with Gasteiger partial charge in [0.15, 0.2) is 0 Å². The molecular formula is C38H46F2N2O10. The fraction of sp³-hybridized carbons (Fsp3) is 0.474. The molecule has 2 aliphatic rings. The van der Waals surface area contributed by atoms with E-state index in [4.69, 9.17) is 14.6 Å². The Morgan fingerprint density at radius 3 is 2.10 bits per heavy atom. The van der Waals surface area contributed by atoms with Gasteiger partial charge in [0.2, 0.25) is 11.8 Å². The van der Waals surface area contributed by atoms with E-state index in [9.17, 15) is 43.9 Å². The number of aliphatic hydroxyl groups excluding tert-OH is 6. The maximum absolute atomic E-state index is 13.7. The van der Waals surface area contributed by atoms with Crippen LogP contribution in [0.2, 0.25) is 0 Å². The molecule has 2 heterocycles. The number of hydrogen-bond acceptors (Lipinski definition) is 10. The number of rotatable bonds is 18. The lowest BCUT2D eigenvalue weighted by Crippen LogP contribution is -2.55. The predicted octanol–water partition coefficient (Wildman–Crippen LogP) is 1.80. The van der Waals surface area contributed by atoms with Gasteiger partial charge in [0.1, 0.15) is 48.3 Å². The smallest absolute Gasteiger partial charge is 0.248 e. The number of aryl methyl sites for hydroxylation is 1. The highest BCUT2D eigenvalue weighted by Gasteiger charge is 2.48. The first-order valence-corrected chi connectivity index (χ1v) is 17.2. The molecule has 0 radical (unpaired) electrons.